The summed E-state index contributed by atoms with van der Waals surface area (Å²) >= 11 is 17.7. The summed E-state index contributed by atoms with van der Waals surface area (Å²) in [5, 5.41) is 0.923. The minimum atomic E-state index is -0.287. The smallest absolute Gasteiger partial charge is 0.333 e. The van der Waals surface area contributed by atoms with Crippen LogP contribution in [-0.2, 0) is 32.2 Å². The first-order valence-electron chi connectivity index (χ1n) is 11.7. The molecule has 0 radical (unpaired) electrons. The lowest BCUT2D eigenvalue weighted by Crippen LogP contribution is -2.40. The number of aromatic nitrogens is 2. The zero-order chi connectivity index (χ0) is 25.9. The number of alkyl halides is 1. The Morgan fingerprint density at radius 1 is 0.865 bits per heavy atom. The predicted molar refractivity (Wildman–Crippen MR) is 138 cm³/mol. The Morgan fingerprint density at radius 2 is 1.49 bits per heavy atom. The van der Waals surface area contributed by atoms with Crippen molar-refractivity contribution >= 4 is 46.7 Å². The van der Waals surface area contributed by atoms with Crippen molar-refractivity contribution in [2.45, 2.75) is 43.5 Å². The number of carbonyl (C=O) groups is 2. The molecule has 3 unspecified atom stereocenters. The lowest BCUT2D eigenvalue weighted by molar-refractivity contribution is -0.140. The summed E-state index contributed by atoms with van der Waals surface area (Å²) in [6, 6.07) is 7.35. The van der Waals surface area contributed by atoms with Gasteiger partial charge in [0.15, 0.2) is 0 Å². The number of ether oxygens (including phenoxy) is 2. The predicted octanol–water partition coefficient (Wildman–Crippen LogP) is 4.62. The lowest BCUT2D eigenvalue weighted by Gasteiger charge is -2.35. The Morgan fingerprint density at radius 3 is 2.14 bits per heavy atom. The molecule has 4 aliphatic rings. The number of fused-ring (bicyclic) bond motifs is 2. The van der Waals surface area contributed by atoms with Gasteiger partial charge in [0.05, 0.1) is 16.8 Å². The van der Waals surface area contributed by atoms with Crippen LogP contribution in [0.3, 0.4) is 0 Å². The SMILES string of the molecule is O=C1C=C2C(CC(Cl)CN2Cc2ccc(Cl)nc2)O1.O=C1C=C2C(CC=CN2Cc2ccc(Cl)nc2)O1. The summed E-state index contributed by atoms with van der Waals surface area (Å²) in [5.41, 5.74) is 3.88. The van der Waals surface area contributed by atoms with Crippen molar-refractivity contribution in [3.05, 3.63) is 93.9 Å². The van der Waals surface area contributed by atoms with Crippen molar-refractivity contribution in [2.24, 2.45) is 0 Å². The van der Waals surface area contributed by atoms with Crippen LogP contribution >= 0.6 is 34.8 Å². The number of nitrogens with zero attached hydrogens (tertiary/aromatic N) is 4. The van der Waals surface area contributed by atoms with E-state index >= 15 is 0 Å². The fourth-order valence-electron chi connectivity index (χ4n) is 4.56. The molecule has 37 heavy (non-hydrogen) atoms. The first kappa shape index (κ1) is 25.6. The summed E-state index contributed by atoms with van der Waals surface area (Å²) < 4.78 is 10.4. The monoisotopic (exact) mass is 560 g/mol. The molecule has 0 spiro atoms. The number of carbonyl (C=O) groups excluding carboxylic acids is 2. The molecule has 0 aromatic carbocycles. The van der Waals surface area contributed by atoms with Gasteiger partial charge < -0.3 is 19.3 Å². The second-order valence-corrected chi connectivity index (χ2v) is 10.3. The number of hydrogen-bond donors (Lipinski definition) is 0. The van der Waals surface area contributed by atoms with Crippen LogP contribution in [0, 0.1) is 0 Å². The van der Waals surface area contributed by atoms with Crippen LogP contribution in [0.15, 0.2) is 72.5 Å². The summed E-state index contributed by atoms with van der Waals surface area (Å²) in [5.74, 6) is -0.553. The highest BCUT2D eigenvalue weighted by atomic mass is 35.5. The average molecular weight is 562 g/mol. The van der Waals surface area contributed by atoms with E-state index in [1.54, 1.807) is 36.7 Å². The third kappa shape index (κ3) is 6.26. The minimum Gasteiger partial charge on any atom is -0.453 e. The molecule has 1 saturated heterocycles. The van der Waals surface area contributed by atoms with Crippen LogP contribution in [0.5, 0.6) is 0 Å². The Balaban J connectivity index is 0.000000152. The van der Waals surface area contributed by atoms with Gasteiger partial charge in [0.1, 0.15) is 22.5 Å². The molecular formula is C26H23Cl3N4O4. The number of likely N-dealkylation sites (tertiary alicyclic amines) is 1. The van der Waals surface area contributed by atoms with Crippen LogP contribution in [0.25, 0.3) is 0 Å². The highest BCUT2D eigenvalue weighted by Gasteiger charge is 2.37. The summed E-state index contributed by atoms with van der Waals surface area (Å²) in [4.78, 5) is 34.8. The molecule has 0 saturated carbocycles. The molecule has 8 nitrogen and oxygen atoms in total. The minimum absolute atomic E-state index is 0.0201. The van der Waals surface area contributed by atoms with Crippen LogP contribution in [0.1, 0.15) is 24.0 Å². The zero-order valence-corrected chi connectivity index (χ0v) is 21.9. The molecule has 1 fully saturated rings. The van der Waals surface area contributed by atoms with Gasteiger partial charge in [-0.1, -0.05) is 41.4 Å². The molecule has 2 aromatic rings. The maximum atomic E-state index is 11.4. The largest absolute Gasteiger partial charge is 0.453 e. The molecule has 0 aliphatic carbocycles. The molecule has 2 aromatic heterocycles. The first-order valence-corrected chi connectivity index (χ1v) is 12.9. The van der Waals surface area contributed by atoms with Gasteiger partial charge in [-0.05, 0) is 23.3 Å². The van der Waals surface area contributed by atoms with E-state index in [0.717, 1.165) is 28.9 Å². The molecule has 0 bridgehead atoms. The summed E-state index contributed by atoms with van der Waals surface area (Å²) in [6.45, 7) is 2.00. The van der Waals surface area contributed by atoms with Crippen molar-refractivity contribution < 1.29 is 19.1 Å². The third-order valence-corrected chi connectivity index (χ3v) is 7.00. The van der Waals surface area contributed by atoms with Gasteiger partial charge in [0, 0.05) is 63.2 Å². The Bertz CT molecular complexity index is 1260. The topological polar surface area (TPSA) is 84.9 Å². The normalized spacial score (nSPS) is 23.8. The Labute approximate surface area is 229 Å². The Kier molecular flexibility index (Phi) is 7.69. The van der Waals surface area contributed by atoms with E-state index in [-0.39, 0.29) is 29.5 Å². The Hall–Kier alpha value is -3.07. The van der Waals surface area contributed by atoms with Gasteiger partial charge in [0.2, 0.25) is 0 Å². The highest BCUT2D eigenvalue weighted by molar-refractivity contribution is 6.29. The number of rotatable bonds is 4. The maximum Gasteiger partial charge on any atom is 0.333 e. The van der Waals surface area contributed by atoms with E-state index < -0.39 is 0 Å². The van der Waals surface area contributed by atoms with Crippen molar-refractivity contribution in [3.63, 3.8) is 0 Å². The second-order valence-electron chi connectivity index (χ2n) is 8.93. The second kappa shape index (κ2) is 11.1. The fraction of sp³-hybridized carbons (Fsp3) is 0.308. The van der Waals surface area contributed by atoms with E-state index in [1.807, 2.05) is 29.3 Å². The number of pyridine rings is 2. The molecule has 6 rings (SSSR count). The average Bonchev–Trinajstić information content (AvgIpc) is 3.44. The van der Waals surface area contributed by atoms with E-state index in [2.05, 4.69) is 14.9 Å². The van der Waals surface area contributed by atoms with E-state index in [1.165, 1.54) is 0 Å². The van der Waals surface area contributed by atoms with E-state index in [0.29, 0.717) is 36.4 Å². The van der Waals surface area contributed by atoms with Crippen LogP contribution in [0.4, 0.5) is 0 Å². The van der Waals surface area contributed by atoms with E-state index in [9.17, 15) is 9.59 Å². The number of piperidine rings is 1. The van der Waals surface area contributed by atoms with Crippen molar-refractivity contribution in [1.29, 1.82) is 0 Å². The summed E-state index contributed by atoms with van der Waals surface area (Å²) in [6.07, 6.45) is 11.6. The number of halogens is 3. The lowest BCUT2D eigenvalue weighted by atomic mass is 10.0. The molecule has 6 heterocycles. The first-order chi connectivity index (χ1) is 17.8. The molecule has 192 valence electrons. The fourth-order valence-corrected chi connectivity index (χ4v) is 5.12. The van der Waals surface area contributed by atoms with Crippen molar-refractivity contribution in [3.8, 4) is 0 Å². The van der Waals surface area contributed by atoms with Gasteiger partial charge in [0.25, 0.3) is 0 Å². The number of esters is 2. The molecule has 4 aliphatic heterocycles. The molecule has 11 heteroatoms. The van der Waals surface area contributed by atoms with E-state index in [4.69, 9.17) is 44.3 Å². The van der Waals surface area contributed by atoms with Gasteiger partial charge in [-0.3, -0.25) is 0 Å². The van der Waals surface area contributed by atoms with Crippen molar-refractivity contribution in [2.75, 3.05) is 6.54 Å². The molecular weight excluding hydrogens is 539 g/mol. The van der Waals surface area contributed by atoms with Gasteiger partial charge >= 0.3 is 11.9 Å². The van der Waals surface area contributed by atoms with Gasteiger partial charge in [-0.2, -0.15) is 0 Å². The van der Waals surface area contributed by atoms with Crippen molar-refractivity contribution in [1.82, 2.24) is 19.8 Å². The molecule has 0 amide bonds. The summed E-state index contributed by atoms with van der Waals surface area (Å²) in [7, 11) is 0. The number of hydrogen-bond acceptors (Lipinski definition) is 8. The highest BCUT2D eigenvalue weighted by Crippen LogP contribution is 2.32. The molecule has 3 atom stereocenters. The maximum absolute atomic E-state index is 11.4. The molecule has 0 N–H and O–H groups in total. The zero-order valence-electron chi connectivity index (χ0n) is 19.6. The standard InChI is InChI=1S/C13H12Cl2N2O2.C13H11ClN2O2/c14-9-3-11-10(4-13(18)19-11)17(7-9)6-8-1-2-12(15)16-5-8;14-12-4-3-9(7-15-12)8-16-5-1-2-11-10(16)6-13(17)18-11/h1-2,4-5,9,11H,3,6-7H2;1,3-7,11H,2,8H2. The third-order valence-electron chi connectivity index (χ3n) is 6.23. The quantitative estimate of drug-likeness (QED) is 0.304. The van der Waals surface area contributed by atoms with Crippen LogP contribution < -0.4 is 0 Å². The van der Waals surface area contributed by atoms with Gasteiger partial charge in [-0.15, -0.1) is 11.6 Å². The van der Waals surface area contributed by atoms with Gasteiger partial charge in [-0.25, -0.2) is 19.6 Å². The van der Waals surface area contributed by atoms with Crippen LogP contribution in [0.2, 0.25) is 10.3 Å². The van der Waals surface area contributed by atoms with Crippen LogP contribution in [-0.4, -0.2) is 55.8 Å².